The second-order valence-corrected chi connectivity index (χ2v) is 5.72. The number of ether oxygens (including phenoxy) is 1. The third-order valence-electron chi connectivity index (χ3n) is 4.08. The maximum Gasteiger partial charge on any atom is 0.159 e. The fourth-order valence-corrected chi connectivity index (χ4v) is 2.67. The number of methoxy groups -OCH3 is 1. The van der Waals surface area contributed by atoms with Gasteiger partial charge in [-0.25, -0.2) is 8.78 Å². The van der Waals surface area contributed by atoms with Gasteiger partial charge < -0.3 is 10.1 Å². The molecule has 116 valence electrons. The Kier molecular flexibility index (Phi) is 4.39. The summed E-state index contributed by atoms with van der Waals surface area (Å²) in [5.74, 6) is -0.165. The zero-order valence-corrected chi connectivity index (χ0v) is 12.5. The number of benzene rings is 2. The molecule has 1 N–H and O–H groups in total. The van der Waals surface area contributed by atoms with Crippen molar-refractivity contribution in [3.8, 4) is 5.75 Å². The zero-order valence-electron chi connectivity index (χ0n) is 12.5. The van der Waals surface area contributed by atoms with Crippen molar-refractivity contribution in [1.29, 1.82) is 0 Å². The Bertz CT molecular complexity index is 638. The van der Waals surface area contributed by atoms with Crippen molar-refractivity contribution in [3.63, 3.8) is 0 Å². The molecule has 2 aromatic rings. The van der Waals surface area contributed by atoms with E-state index < -0.39 is 11.6 Å². The summed E-state index contributed by atoms with van der Waals surface area (Å²) in [6.07, 6.45) is 2.39. The van der Waals surface area contributed by atoms with E-state index >= 15 is 0 Å². The first-order valence-corrected chi connectivity index (χ1v) is 7.48. The molecule has 0 aromatic heterocycles. The average molecular weight is 303 g/mol. The highest BCUT2D eigenvalue weighted by Crippen LogP contribution is 2.41. The van der Waals surface area contributed by atoms with Gasteiger partial charge in [-0.3, -0.25) is 0 Å². The first kappa shape index (κ1) is 15.0. The third kappa shape index (κ3) is 3.45. The van der Waals surface area contributed by atoms with Crippen LogP contribution in [0.15, 0.2) is 42.5 Å². The molecular formula is C18H19F2NO. The highest BCUT2D eigenvalue weighted by molar-refractivity contribution is 5.30. The smallest absolute Gasteiger partial charge is 0.159 e. The van der Waals surface area contributed by atoms with Gasteiger partial charge in [0.15, 0.2) is 11.6 Å². The van der Waals surface area contributed by atoms with Crippen molar-refractivity contribution in [2.75, 3.05) is 7.11 Å². The molecule has 1 atom stereocenters. The van der Waals surface area contributed by atoms with Gasteiger partial charge in [0.1, 0.15) is 5.75 Å². The molecule has 2 aromatic carbocycles. The summed E-state index contributed by atoms with van der Waals surface area (Å²) in [7, 11) is 1.65. The molecule has 1 aliphatic rings. The molecule has 0 spiro atoms. The summed E-state index contributed by atoms with van der Waals surface area (Å²) >= 11 is 0. The van der Waals surface area contributed by atoms with E-state index in [-0.39, 0.29) is 6.04 Å². The molecule has 1 saturated carbocycles. The minimum Gasteiger partial charge on any atom is -0.497 e. The minimum absolute atomic E-state index is 0.235. The molecule has 0 heterocycles. The summed E-state index contributed by atoms with van der Waals surface area (Å²) in [6, 6.07) is 12.3. The maximum atomic E-state index is 13.3. The van der Waals surface area contributed by atoms with Crippen LogP contribution in [0.2, 0.25) is 0 Å². The topological polar surface area (TPSA) is 21.3 Å². The lowest BCUT2D eigenvalue weighted by Gasteiger charge is -2.19. The van der Waals surface area contributed by atoms with E-state index in [1.165, 1.54) is 30.5 Å². The van der Waals surface area contributed by atoms with Crippen molar-refractivity contribution >= 4 is 0 Å². The quantitative estimate of drug-likeness (QED) is 0.863. The Balaban J connectivity index is 1.70. The predicted molar refractivity (Wildman–Crippen MR) is 81.7 cm³/mol. The lowest BCUT2D eigenvalue weighted by atomic mass is 10.0. The van der Waals surface area contributed by atoms with E-state index in [2.05, 4.69) is 17.4 Å². The number of hydrogen-bond acceptors (Lipinski definition) is 2. The van der Waals surface area contributed by atoms with Crippen LogP contribution in [0.3, 0.4) is 0 Å². The summed E-state index contributed by atoms with van der Waals surface area (Å²) in [4.78, 5) is 0. The Morgan fingerprint density at radius 2 is 1.82 bits per heavy atom. The molecule has 0 bridgehead atoms. The highest BCUT2D eigenvalue weighted by atomic mass is 19.2. The maximum absolute atomic E-state index is 13.3. The fourth-order valence-electron chi connectivity index (χ4n) is 2.67. The summed E-state index contributed by atoms with van der Waals surface area (Å²) < 4.78 is 31.4. The van der Waals surface area contributed by atoms with Crippen molar-refractivity contribution in [3.05, 3.63) is 65.2 Å². The van der Waals surface area contributed by atoms with Gasteiger partial charge in [-0.2, -0.15) is 0 Å². The van der Waals surface area contributed by atoms with E-state index in [1.807, 2.05) is 12.1 Å². The standard InChI is InChI=1S/C18H19F2NO/c1-22-15-7-5-14(6-8-15)18(13-3-4-13)21-11-12-2-9-16(19)17(20)10-12/h2,5-10,13,18,21H,3-4,11H2,1H3. The van der Waals surface area contributed by atoms with Crippen LogP contribution >= 0.6 is 0 Å². The molecule has 1 aliphatic carbocycles. The van der Waals surface area contributed by atoms with Crippen LogP contribution in [0.25, 0.3) is 0 Å². The Morgan fingerprint density at radius 1 is 1.09 bits per heavy atom. The van der Waals surface area contributed by atoms with Crippen molar-refractivity contribution in [1.82, 2.24) is 5.32 Å². The fraction of sp³-hybridized carbons (Fsp3) is 0.333. The molecule has 3 rings (SSSR count). The van der Waals surface area contributed by atoms with Gasteiger partial charge in [-0.15, -0.1) is 0 Å². The highest BCUT2D eigenvalue weighted by Gasteiger charge is 2.31. The Morgan fingerprint density at radius 3 is 2.41 bits per heavy atom. The van der Waals surface area contributed by atoms with Gasteiger partial charge in [0, 0.05) is 12.6 Å². The van der Waals surface area contributed by atoms with Gasteiger partial charge in [-0.05, 0) is 54.2 Å². The number of nitrogens with one attached hydrogen (secondary N) is 1. The van der Waals surface area contributed by atoms with E-state index in [9.17, 15) is 8.78 Å². The lowest BCUT2D eigenvalue weighted by molar-refractivity contribution is 0.413. The molecule has 22 heavy (non-hydrogen) atoms. The second kappa shape index (κ2) is 6.44. The Hall–Kier alpha value is -1.94. The molecule has 2 nitrogen and oxygen atoms in total. The second-order valence-electron chi connectivity index (χ2n) is 5.72. The molecule has 1 fully saturated rings. The average Bonchev–Trinajstić information content (AvgIpc) is 3.36. The van der Waals surface area contributed by atoms with Crippen LogP contribution in [0.1, 0.15) is 30.0 Å². The van der Waals surface area contributed by atoms with Crippen molar-refractivity contribution < 1.29 is 13.5 Å². The predicted octanol–water partition coefficient (Wildman–Crippen LogP) is 4.21. The van der Waals surface area contributed by atoms with Crippen LogP contribution in [-0.2, 0) is 6.54 Å². The molecule has 4 heteroatoms. The SMILES string of the molecule is COc1ccc(C(NCc2ccc(F)c(F)c2)C2CC2)cc1. The number of halogens is 2. The van der Waals surface area contributed by atoms with E-state index in [0.717, 1.165) is 11.3 Å². The van der Waals surface area contributed by atoms with E-state index in [1.54, 1.807) is 13.2 Å². The monoisotopic (exact) mass is 303 g/mol. The van der Waals surface area contributed by atoms with Crippen LogP contribution < -0.4 is 10.1 Å². The minimum atomic E-state index is -0.808. The van der Waals surface area contributed by atoms with Crippen molar-refractivity contribution in [2.45, 2.75) is 25.4 Å². The molecule has 0 radical (unpaired) electrons. The van der Waals surface area contributed by atoms with Gasteiger partial charge in [0.25, 0.3) is 0 Å². The zero-order chi connectivity index (χ0) is 15.5. The van der Waals surface area contributed by atoms with Gasteiger partial charge in [0.2, 0.25) is 0 Å². The lowest BCUT2D eigenvalue weighted by Crippen LogP contribution is -2.22. The van der Waals surface area contributed by atoms with Crippen LogP contribution in [0, 0.1) is 17.6 Å². The Labute approximate surface area is 129 Å². The molecule has 0 saturated heterocycles. The summed E-state index contributed by atoms with van der Waals surface area (Å²) in [6.45, 7) is 0.518. The number of rotatable bonds is 6. The van der Waals surface area contributed by atoms with Crippen LogP contribution in [0.5, 0.6) is 5.75 Å². The summed E-state index contributed by atoms with van der Waals surface area (Å²) in [5.41, 5.74) is 1.95. The van der Waals surface area contributed by atoms with Crippen LogP contribution in [-0.4, -0.2) is 7.11 Å². The molecular weight excluding hydrogens is 284 g/mol. The largest absolute Gasteiger partial charge is 0.497 e. The van der Waals surface area contributed by atoms with E-state index in [0.29, 0.717) is 12.5 Å². The first-order valence-electron chi connectivity index (χ1n) is 7.48. The van der Waals surface area contributed by atoms with Gasteiger partial charge in [0.05, 0.1) is 7.11 Å². The number of hydrogen-bond donors (Lipinski definition) is 1. The van der Waals surface area contributed by atoms with E-state index in [4.69, 9.17) is 4.74 Å². The first-order chi connectivity index (χ1) is 10.7. The van der Waals surface area contributed by atoms with Gasteiger partial charge >= 0.3 is 0 Å². The normalized spacial score (nSPS) is 15.6. The third-order valence-corrected chi connectivity index (χ3v) is 4.08. The van der Waals surface area contributed by atoms with Gasteiger partial charge in [-0.1, -0.05) is 18.2 Å². The molecule has 0 aliphatic heterocycles. The van der Waals surface area contributed by atoms with Crippen LogP contribution in [0.4, 0.5) is 8.78 Å². The van der Waals surface area contributed by atoms with Crippen molar-refractivity contribution in [2.24, 2.45) is 5.92 Å². The summed E-state index contributed by atoms with van der Waals surface area (Å²) in [5, 5.41) is 3.47. The molecule has 1 unspecified atom stereocenters. The molecule has 0 amide bonds.